The summed E-state index contributed by atoms with van der Waals surface area (Å²) in [6.45, 7) is 4.76. The zero-order chi connectivity index (χ0) is 17.1. The van der Waals surface area contributed by atoms with Gasteiger partial charge in [0.25, 0.3) is 5.56 Å². The minimum atomic E-state index is -0.594. The number of aromatic nitrogens is 2. The molecule has 0 N–H and O–H groups in total. The molecule has 2 atom stereocenters. The Balaban J connectivity index is 1.97. The molecular formula is C19H22N2O3. The second kappa shape index (κ2) is 6.99. The van der Waals surface area contributed by atoms with Crippen molar-refractivity contribution in [3.05, 3.63) is 63.8 Å². The van der Waals surface area contributed by atoms with Crippen LogP contribution in [0.15, 0.2) is 41.3 Å². The summed E-state index contributed by atoms with van der Waals surface area (Å²) >= 11 is 0. The van der Waals surface area contributed by atoms with Gasteiger partial charge in [-0.25, -0.2) is 9.78 Å². The van der Waals surface area contributed by atoms with E-state index in [1.807, 2.05) is 18.2 Å². The molecule has 0 unspecified atom stereocenters. The first-order valence-electron chi connectivity index (χ1n) is 8.42. The number of carbonyl (C=O) groups excluding carboxylic acids is 1. The fourth-order valence-corrected chi connectivity index (χ4v) is 3.31. The highest BCUT2D eigenvalue weighted by molar-refractivity contribution is 5.88. The summed E-state index contributed by atoms with van der Waals surface area (Å²) in [6, 6.07) is 10.2. The van der Waals surface area contributed by atoms with Gasteiger partial charge in [-0.2, -0.15) is 0 Å². The number of esters is 1. The first kappa shape index (κ1) is 16.4. The van der Waals surface area contributed by atoms with Gasteiger partial charge in [-0.15, -0.1) is 0 Å². The molecule has 0 saturated heterocycles. The Labute approximate surface area is 141 Å². The van der Waals surface area contributed by atoms with E-state index in [-0.39, 0.29) is 23.6 Å². The van der Waals surface area contributed by atoms with Crippen molar-refractivity contribution in [3.63, 3.8) is 0 Å². The summed E-state index contributed by atoms with van der Waals surface area (Å²) in [5, 5.41) is 0. The topological polar surface area (TPSA) is 61.2 Å². The Morgan fingerprint density at radius 2 is 2.08 bits per heavy atom. The lowest BCUT2D eigenvalue weighted by atomic mass is 9.83. The van der Waals surface area contributed by atoms with Crippen molar-refractivity contribution >= 4 is 5.97 Å². The van der Waals surface area contributed by atoms with Gasteiger partial charge in [0.15, 0.2) is 0 Å². The van der Waals surface area contributed by atoms with Crippen LogP contribution in [0.3, 0.4) is 0 Å². The fourth-order valence-electron chi connectivity index (χ4n) is 3.31. The molecule has 0 spiro atoms. The molecule has 5 nitrogen and oxygen atoms in total. The first-order chi connectivity index (χ1) is 11.6. The number of nitrogens with zero attached hydrogens (tertiary/aromatic N) is 2. The van der Waals surface area contributed by atoms with E-state index in [0.29, 0.717) is 12.5 Å². The van der Waals surface area contributed by atoms with Gasteiger partial charge < -0.3 is 4.74 Å². The predicted molar refractivity (Wildman–Crippen MR) is 91.1 cm³/mol. The summed E-state index contributed by atoms with van der Waals surface area (Å²) in [7, 11) is 0. The zero-order valence-electron chi connectivity index (χ0n) is 14.1. The highest BCUT2D eigenvalue weighted by Gasteiger charge is 2.30. The Kier molecular flexibility index (Phi) is 4.79. The van der Waals surface area contributed by atoms with E-state index >= 15 is 0 Å². The van der Waals surface area contributed by atoms with Crippen molar-refractivity contribution in [2.45, 2.75) is 39.2 Å². The molecule has 0 radical (unpaired) electrons. The number of hydrogen-bond donors (Lipinski definition) is 0. The molecule has 2 heterocycles. The van der Waals surface area contributed by atoms with Crippen LogP contribution >= 0.6 is 0 Å². The van der Waals surface area contributed by atoms with Crippen LogP contribution < -0.4 is 5.56 Å². The molecule has 1 aliphatic rings. The van der Waals surface area contributed by atoms with Gasteiger partial charge in [0, 0.05) is 18.7 Å². The molecule has 0 amide bonds. The molecule has 0 fully saturated rings. The molecule has 1 aliphatic heterocycles. The summed E-state index contributed by atoms with van der Waals surface area (Å²) in [4.78, 5) is 29.0. The normalized spacial score (nSPS) is 19.6. The zero-order valence-corrected chi connectivity index (χ0v) is 14.1. The van der Waals surface area contributed by atoms with Crippen molar-refractivity contribution in [2.24, 2.45) is 5.92 Å². The molecule has 0 aliphatic carbocycles. The van der Waals surface area contributed by atoms with Crippen LogP contribution in [0.1, 0.15) is 47.9 Å². The average Bonchev–Trinajstić information content (AvgIpc) is 2.59. The second-order valence-electron chi connectivity index (χ2n) is 6.27. The maximum atomic E-state index is 12.7. The van der Waals surface area contributed by atoms with Gasteiger partial charge in [-0.1, -0.05) is 37.3 Å². The van der Waals surface area contributed by atoms with Crippen molar-refractivity contribution < 1.29 is 9.53 Å². The van der Waals surface area contributed by atoms with Crippen molar-refractivity contribution in [3.8, 4) is 0 Å². The molecule has 24 heavy (non-hydrogen) atoms. The summed E-state index contributed by atoms with van der Waals surface area (Å²) in [5.41, 5.74) is 0.962. The molecule has 5 heteroatoms. The van der Waals surface area contributed by atoms with E-state index in [9.17, 15) is 9.59 Å². The van der Waals surface area contributed by atoms with Gasteiger partial charge in [0.1, 0.15) is 11.4 Å². The van der Waals surface area contributed by atoms with Crippen LogP contribution in [0.5, 0.6) is 0 Å². The number of ether oxygens (including phenoxy) is 1. The van der Waals surface area contributed by atoms with Crippen LogP contribution in [0, 0.1) is 5.92 Å². The van der Waals surface area contributed by atoms with E-state index in [1.54, 1.807) is 11.5 Å². The Morgan fingerprint density at radius 3 is 2.79 bits per heavy atom. The standard InChI is InChI=1S/C19H22N2O3/c1-3-24-19(23)16-12-20-17-15(11-14-7-5-4-6-8-14)13(2)9-10-21(17)18(16)22/h4-8,12-13,15H,3,9-11H2,1-2H3/t13-,15-/m1/s1. The Hall–Kier alpha value is -2.43. The van der Waals surface area contributed by atoms with Crippen LogP contribution in [0.4, 0.5) is 0 Å². The van der Waals surface area contributed by atoms with Crippen LogP contribution in [0.2, 0.25) is 0 Å². The van der Waals surface area contributed by atoms with Crippen LogP contribution in [-0.4, -0.2) is 22.1 Å². The maximum Gasteiger partial charge on any atom is 0.345 e. The van der Waals surface area contributed by atoms with Gasteiger partial charge in [-0.3, -0.25) is 9.36 Å². The lowest BCUT2D eigenvalue weighted by molar-refractivity contribution is 0.0522. The molecule has 126 valence electrons. The number of hydrogen-bond acceptors (Lipinski definition) is 4. The van der Waals surface area contributed by atoms with Crippen molar-refractivity contribution in [1.82, 2.24) is 9.55 Å². The Bertz CT molecular complexity index is 783. The number of fused-ring (bicyclic) bond motifs is 1. The van der Waals surface area contributed by atoms with Gasteiger partial charge in [-0.05, 0) is 31.2 Å². The molecule has 1 aromatic carbocycles. The highest BCUT2D eigenvalue weighted by Crippen LogP contribution is 2.33. The minimum absolute atomic E-state index is 0.0219. The molecule has 0 bridgehead atoms. The molecule has 2 aromatic rings. The largest absolute Gasteiger partial charge is 0.462 e. The lowest BCUT2D eigenvalue weighted by Crippen LogP contribution is -2.37. The molecular weight excluding hydrogens is 304 g/mol. The quantitative estimate of drug-likeness (QED) is 0.811. The van der Waals surface area contributed by atoms with Gasteiger partial charge in [0.2, 0.25) is 0 Å². The van der Waals surface area contributed by atoms with Gasteiger partial charge in [0.05, 0.1) is 6.61 Å². The van der Waals surface area contributed by atoms with E-state index in [0.717, 1.165) is 18.7 Å². The SMILES string of the molecule is CCOC(=O)c1cnc2n(c1=O)CC[C@@H](C)[C@H]2Cc1ccccc1. The van der Waals surface area contributed by atoms with E-state index in [2.05, 4.69) is 24.0 Å². The van der Waals surface area contributed by atoms with Crippen molar-refractivity contribution in [2.75, 3.05) is 6.61 Å². The third-order valence-corrected chi connectivity index (χ3v) is 4.70. The summed E-state index contributed by atoms with van der Waals surface area (Å²) < 4.78 is 6.60. The average molecular weight is 326 g/mol. The summed E-state index contributed by atoms with van der Waals surface area (Å²) in [5.74, 6) is 0.787. The Morgan fingerprint density at radius 1 is 1.33 bits per heavy atom. The molecule has 0 saturated carbocycles. The van der Waals surface area contributed by atoms with Crippen molar-refractivity contribution in [1.29, 1.82) is 0 Å². The predicted octanol–water partition coefficient (Wildman–Crippen LogP) is 2.79. The first-order valence-corrected chi connectivity index (χ1v) is 8.42. The van der Waals surface area contributed by atoms with Crippen LogP contribution in [-0.2, 0) is 17.7 Å². The monoisotopic (exact) mass is 326 g/mol. The van der Waals surface area contributed by atoms with Crippen LogP contribution in [0.25, 0.3) is 0 Å². The maximum absolute atomic E-state index is 12.7. The van der Waals surface area contributed by atoms with E-state index in [1.165, 1.54) is 11.8 Å². The second-order valence-corrected chi connectivity index (χ2v) is 6.27. The third kappa shape index (κ3) is 3.11. The highest BCUT2D eigenvalue weighted by atomic mass is 16.5. The van der Waals surface area contributed by atoms with E-state index in [4.69, 9.17) is 4.74 Å². The third-order valence-electron chi connectivity index (χ3n) is 4.70. The van der Waals surface area contributed by atoms with Gasteiger partial charge >= 0.3 is 5.97 Å². The lowest BCUT2D eigenvalue weighted by Gasteiger charge is -2.31. The molecule has 3 rings (SSSR count). The minimum Gasteiger partial charge on any atom is -0.462 e. The number of carbonyl (C=O) groups is 1. The van der Waals surface area contributed by atoms with E-state index < -0.39 is 5.97 Å². The smallest absolute Gasteiger partial charge is 0.345 e. The number of benzene rings is 1. The number of rotatable bonds is 4. The summed E-state index contributed by atoms with van der Waals surface area (Å²) in [6.07, 6.45) is 3.12. The molecule has 1 aromatic heterocycles. The fraction of sp³-hybridized carbons (Fsp3) is 0.421.